The highest BCUT2D eigenvalue weighted by Gasteiger charge is 2.35. The van der Waals surface area contributed by atoms with E-state index in [2.05, 4.69) is 51.2 Å². The average molecular weight is 431 g/mol. The van der Waals surface area contributed by atoms with E-state index in [4.69, 9.17) is 0 Å². The Balaban J connectivity index is 1.68. The second-order valence-corrected chi connectivity index (χ2v) is 7.96. The van der Waals surface area contributed by atoms with Gasteiger partial charge in [-0.05, 0) is 51.7 Å². The number of H-pyrrole nitrogens is 1. The SMILES string of the molecule is O=C(c1ccccc1Br)N1CCc2c([nH]c3ccccc23)[C@H]1c1ccccc1. The second kappa shape index (κ2) is 6.95. The Kier molecular flexibility index (Phi) is 4.29. The Labute approximate surface area is 172 Å². The maximum absolute atomic E-state index is 13.5. The molecule has 2 heterocycles. The third-order valence-electron chi connectivity index (χ3n) is 5.51. The number of nitrogens with one attached hydrogen (secondary N) is 1. The van der Waals surface area contributed by atoms with E-state index in [1.807, 2.05) is 53.4 Å². The Hall–Kier alpha value is -2.85. The molecule has 1 amide bonds. The normalized spacial score (nSPS) is 16.2. The van der Waals surface area contributed by atoms with E-state index in [0.29, 0.717) is 12.1 Å². The van der Waals surface area contributed by atoms with Crippen molar-refractivity contribution in [2.45, 2.75) is 12.5 Å². The zero-order valence-corrected chi connectivity index (χ0v) is 16.8. The highest BCUT2D eigenvalue weighted by Crippen LogP contribution is 2.39. The molecule has 0 saturated heterocycles. The molecule has 3 aromatic carbocycles. The van der Waals surface area contributed by atoms with Gasteiger partial charge in [-0.2, -0.15) is 0 Å². The number of halogens is 1. The van der Waals surface area contributed by atoms with E-state index < -0.39 is 0 Å². The molecule has 1 aliphatic rings. The maximum atomic E-state index is 13.5. The van der Waals surface area contributed by atoms with Gasteiger partial charge in [0, 0.05) is 27.6 Å². The van der Waals surface area contributed by atoms with Crippen molar-refractivity contribution in [3.8, 4) is 0 Å². The Morgan fingerprint density at radius 1 is 0.929 bits per heavy atom. The third kappa shape index (κ3) is 2.76. The van der Waals surface area contributed by atoms with Gasteiger partial charge in [0.2, 0.25) is 0 Å². The monoisotopic (exact) mass is 430 g/mol. The number of carbonyl (C=O) groups is 1. The van der Waals surface area contributed by atoms with Crippen molar-refractivity contribution in [1.29, 1.82) is 0 Å². The number of hydrogen-bond acceptors (Lipinski definition) is 1. The van der Waals surface area contributed by atoms with Crippen LogP contribution in [0.25, 0.3) is 10.9 Å². The minimum atomic E-state index is -0.128. The van der Waals surface area contributed by atoms with Crippen LogP contribution in [0, 0.1) is 0 Å². The van der Waals surface area contributed by atoms with Crippen LogP contribution in [0.15, 0.2) is 83.3 Å². The lowest BCUT2D eigenvalue weighted by molar-refractivity contribution is 0.0691. The van der Waals surface area contributed by atoms with E-state index in [9.17, 15) is 4.79 Å². The Morgan fingerprint density at radius 2 is 1.64 bits per heavy atom. The van der Waals surface area contributed by atoms with Crippen LogP contribution in [0.1, 0.15) is 33.2 Å². The fourth-order valence-electron chi connectivity index (χ4n) is 4.23. The van der Waals surface area contributed by atoms with Crippen LogP contribution >= 0.6 is 15.9 Å². The van der Waals surface area contributed by atoms with E-state index >= 15 is 0 Å². The first-order chi connectivity index (χ1) is 13.7. The third-order valence-corrected chi connectivity index (χ3v) is 6.21. The fourth-order valence-corrected chi connectivity index (χ4v) is 4.69. The van der Waals surface area contributed by atoms with Crippen molar-refractivity contribution >= 4 is 32.7 Å². The van der Waals surface area contributed by atoms with Crippen molar-refractivity contribution in [3.05, 3.63) is 106 Å². The van der Waals surface area contributed by atoms with Crippen molar-refractivity contribution in [2.75, 3.05) is 6.54 Å². The standard InChI is InChI=1S/C24H19BrN2O/c25-20-12-6-4-11-19(20)24(28)27-15-14-18-17-10-5-7-13-21(17)26-22(18)23(27)16-8-2-1-3-9-16/h1-13,23,26H,14-15H2/t23-/m1/s1. The smallest absolute Gasteiger partial charge is 0.255 e. The van der Waals surface area contributed by atoms with E-state index in [0.717, 1.165) is 27.7 Å². The summed E-state index contributed by atoms with van der Waals surface area (Å²) in [6.45, 7) is 0.689. The van der Waals surface area contributed by atoms with E-state index in [1.165, 1.54) is 10.9 Å². The summed E-state index contributed by atoms with van der Waals surface area (Å²) in [6.07, 6.45) is 0.846. The van der Waals surface area contributed by atoms with Crippen molar-refractivity contribution in [1.82, 2.24) is 9.88 Å². The van der Waals surface area contributed by atoms with Gasteiger partial charge < -0.3 is 9.88 Å². The number of hydrogen-bond donors (Lipinski definition) is 1. The van der Waals surface area contributed by atoms with E-state index in [1.54, 1.807) is 0 Å². The zero-order valence-electron chi connectivity index (χ0n) is 15.2. The Bertz CT molecular complexity index is 1170. The molecule has 1 aromatic heterocycles. The lowest BCUT2D eigenvalue weighted by Crippen LogP contribution is -2.40. The summed E-state index contributed by atoms with van der Waals surface area (Å²) < 4.78 is 0.828. The largest absolute Gasteiger partial charge is 0.356 e. The van der Waals surface area contributed by atoms with E-state index in [-0.39, 0.29) is 11.9 Å². The molecule has 4 aromatic rings. The summed E-state index contributed by atoms with van der Waals surface area (Å²) in [7, 11) is 0. The molecule has 0 spiro atoms. The minimum Gasteiger partial charge on any atom is -0.356 e. The first-order valence-corrected chi connectivity index (χ1v) is 10.2. The molecule has 0 aliphatic carbocycles. The lowest BCUT2D eigenvalue weighted by Gasteiger charge is -2.36. The summed E-state index contributed by atoms with van der Waals surface area (Å²) in [4.78, 5) is 19.1. The molecule has 5 rings (SSSR count). The summed E-state index contributed by atoms with van der Waals surface area (Å²) >= 11 is 3.54. The first-order valence-electron chi connectivity index (χ1n) is 9.44. The van der Waals surface area contributed by atoms with Gasteiger partial charge in [0.05, 0.1) is 11.6 Å². The summed E-state index contributed by atoms with van der Waals surface area (Å²) in [5.74, 6) is 0.0469. The number of benzene rings is 3. The number of fused-ring (bicyclic) bond motifs is 3. The van der Waals surface area contributed by atoms with Crippen LogP contribution < -0.4 is 0 Å². The van der Waals surface area contributed by atoms with Gasteiger partial charge in [-0.25, -0.2) is 0 Å². The van der Waals surface area contributed by atoms with Crippen LogP contribution in [0.4, 0.5) is 0 Å². The average Bonchev–Trinajstić information content (AvgIpc) is 3.12. The van der Waals surface area contributed by atoms with Gasteiger partial charge in [-0.1, -0.05) is 60.7 Å². The van der Waals surface area contributed by atoms with Gasteiger partial charge in [0.15, 0.2) is 0 Å². The molecule has 0 fully saturated rings. The molecule has 0 radical (unpaired) electrons. The number of para-hydroxylation sites is 1. The van der Waals surface area contributed by atoms with Gasteiger partial charge in [-0.15, -0.1) is 0 Å². The number of amides is 1. The van der Waals surface area contributed by atoms with Crippen LogP contribution in [0.5, 0.6) is 0 Å². The minimum absolute atomic E-state index is 0.0469. The van der Waals surface area contributed by atoms with Gasteiger partial charge in [0.25, 0.3) is 5.91 Å². The first kappa shape index (κ1) is 17.3. The topological polar surface area (TPSA) is 36.1 Å². The highest BCUT2D eigenvalue weighted by atomic mass is 79.9. The number of aromatic amines is 1. The predicted octanol–water partition coefficient (Wildman–Crippen LogP) is 5.72. The molecule has 28 heavy (non-hydrogen) atoms. The molecule has 0 unspecified atom stereocenters. The maximum Gasteiger partial charge on any atom is 0.255 e. The zero-order chi connectivity index (χ0) is 19.1. The van der Waals surface area contributed by atoms with Crippen LogP contribution in [-0.2, 0) is 6.42 Å². The summed E-state index contributed by atoms with van der Waals surface area (Å²) in [5, 5.41) is 1.26. The number of carbonyl (C=O) groups excluding carboxylic acids is 1. The van der Waals surface area contributed by atoms with Gasteiger partial charge in [0.1, 0.15) is 0 Å². The van der Waals surface area contributed by atoms with Crippen molar-refractivity contribution in [3.63, 3.8) is 0 Å². The number of nitrogens with zero attached hydrogens (tertiary/aromatic N) is 1. The molecule has 0 saturated carbocycles. The summed E-state index contributed by atoms with van der Waals surface area (Å²) in [5.41, 5.74) is 5.39. The van der Waals surface area contributed by atoms with Crippen molar-refractivity contribution in [2.24, 2.45) is 0 Å². The van der Waals surface area contributed by atoms with Crippen LogP contribution in [0.2, 0.25) is 0 Å². The van der Waals surface area contributed by atoms with Crippen molar-refractivity contribution < 1.29 is 4.79 Å². The molecule has 138 valence electrons. The summed E-state index contributed by atoms with van der Waals surface area (Å²) in [6, 6.07) is 26.2. The molecule has 4 heteroatoms. The predicted molar refractivity (Wildman–Crippen MR) is 115 cm³/mol. The highest BCUT2D eigenvalue weighted by molar-refractivity contribution is 9.10. The molecule has 1 N–H and O–H groups in total. The van der Waals surface area contributed by atoms with Gasteiger partial charge >= 0.3 is 0 Å². The number of rotatable bonds is 2. The van der Waals surface area contributed by atoms with Crippen LogP contribution in [-0.4, -0.2) is 22.3 Å². The fraction of sp³-hybridized carbons (Fsp3) is 0.125. The van der Waals surface area contributed by atoms with Crippen LogP contribution in [0.3, 0.4) is 0 Å². The Morgan fingerprint density at radius 3 is 2.46 bits per heavy atom. The molecule has 3 nitrogen and oxygen atoms in total. The molecule has 0 bridgehead atoms. The molecule has 1 atom stereocenters. The second-order valence-electron chi connectivity index (χ2n) is 7.10. The lowest BCUT2D eigenvalue weighted by atomic mass is 9.91. The number of aromatic nitrogens is 1. The molecule has 1 aliphatic heterocycles. The van der Waals surface area contributed by atoms with Gasteiger partial charge in [-0.3, -0.25) is 4.79 Å². The molecular formula is C24H19BrN2O. The quantitative estimate of drug-likeness (QED) is 0.433. The molecular weight excluding hydrogens is 412 g/mol.